The molecule has 1 nitrogen and oxygen atoms in total. The molecule has 0 aliphatic carbocycles. The minimum Gasteiger partial charge on any atom is -0.264 e. The Morgan fingerprint density at radius 2 is 1.80 bits per heavy atom. The first-order valence-corrected chi connectivity index (χ1v) is 4.99. The number of aryl methyl sites for hydroxylation is 1. The Morgan fingerprint density at radius 3 is 2.53 bits per heavy atom. The molecule has 1 heterocycles. The highest BCUT2D eigenvalue weighted by molar-refractivity contribution is 5.69. The van der Waals surface area contributed by atoms with Gasteiger partial charge >= 0.3 is 0 Å². The monoisotopic (exact) mass is 195 g/mol. The molecule has 0 spiro atoms. The van der Waals surface area contributed by atoms with Gasteiger partial charge in [-0.25, -0.2) is 0 Å². The van der Waals surface area contributed by atoms with Gasteiger partial charge in [0.2, 0.25) is 0 Å². The number of nitrogens with zero attached hydrogens (tertiary/aromatic N) is 1. The third kappa shape index (κ3) is 2.78. The van der Waals surface area contributed by atoms with Crippen molar-refractivity contribution in [2.24, 2.45) is 0 Å². The number of hydrogen-bond acceptors (Lipinski definition) is 1. The summed E-state index contributed by atoms with van der Waals surface area (Å²) in [5.74, 6) is 0. The molecule has 0 bridgehead atoms. The Balaban J connectivity index is 2.19. The van der Waals surface area contributed by atoms with Gasteiger partial charge in [0.25, 0.3) is 0 Å². The van der Waals surface area contributed by atoms with Crippen LogP contribution in [0.2, 0.25) is 0 Å². The van der Waals surface area contributed by atoms with Gasteiger partial charge in [-0.15, -0.1) is 0 Å². The van der Waals surface area contributed by atoms with E-state index in [0.717, 1.165) is 5.56 Å². The van der Waals surface area contributed by atoms with E-state index < -0.39 is 0 Å². The number of pyridine rings is 1. The van der Waals surface area contributed by atoms with Crippen LogP contribution in [-0.2, 0) is 0 Å². The van der Waals surface area contributed by atoms with Gasteiger partial charge in [-0.2, -0.15) is 0 Å². The maximum atomic E-state index is 4.06. The fourth-order valence-electron chi connectivity index (χ4n) is 1.44. The first-order chi connectivity index (χ1) is 7.34. The molecule has 15 heavy (non-hydrogen) atoms. The molecule has 0 saturated carbocycles. The van der Waals surface area contributed by atoms with Gasteiger partial charge in [0.05, 0.1) is 0 Å². The Labute approximate surface area is 90.1 Å². The fourth-order valence-corrected chi connectivity index (χ4v) is 1.44. The third-order valence-corrected chi connectivity index (χ3v) is 2.19. The molecular weight excluding hydrogens is 182 g/mol. The lowest BCUT2D eigenvalue weighted by Crippen LogP contribution is -1.76. The molecule has 0 saturated heterocycles. The van der Waals surface area contributed by atoms with Crippen molar-refractivity contribution >= 4 is 12.2 Å². The van der Waals surface area contributed by atoms with E-state index >= 15 is 0 Å². The molecule has 1 heteroatoms. The van der Waals surface area contributed by atoms with Crippen LogP contribution in [0.1, 0.15) is 16.7 Å². The van der Waals surface area contributed by atoms with Gasteiger partial charge in [0, 0.05) is 12.4 Å². The second-order valence-corrected chi connectivity index (χ2v) is 3.53. The van der Waals surface area contributed by atoms with E-state index in [0.29, 0.717) is 0 Å². The Hall–Kier alpha value is -1.89. The summed E-state index contributed by atoms with van der Waals surface area (Å²) in [5, 5.41) is 0. The number of benzene rings is 1. The lowest BCUT2D eigenvalue weighted by atomic mass is 10.1. The lowest BCUT2D eigenvalue weighted by Gasteiger charge is -1.95. The van der Waals surface area contributed by atoms with Gasteiger partial charge in [-0.1, -0.05) is 48.0 Å². The van der Waals surface area contributed by atoms with Crippen LogP contribution in [0.15, 0.2) is 48.8 Å². The van der Waals surface area contributed by atoms with Crippen molar-refractivity contribution in [1.29, 1.82) is 0 Å². The summed E-state index contributed by atoms with van der Waals surface area (Å²) >= 11 is 0. The molecule has 2 rings (SSSR count). The summed E-state index contributed by atoms with van der Waals surface area (Å²) < 4.78 is 0. The quantitative estimate of drug-likeness (QED) is 0.714. The molecule has 0 N–H and O–H groups in total. The highest BCUT2D eigenvalue weighted by Crippen LogP contribution is 2.08. The summed E-state index contributed by atoms with van der Waals surface area (Å²) in [7, 11) is 0. The van der Waals surface area contributed by atoms with Crippen LogP contribution in [0, 0.1) is 6.92 Å². The van der Waals surface area contributed by atoms with E-state index in [1.807, 2.05) is 18.3 Å². The SMILES string of the molecule is Cc1cccc(/C=C/c2cccnc2)c1. The summed E-state index contributed by atoms with van der Waals surface area (Å²) in [6.07, 6.45) is 7.81. The summed E-state index contributed by atoms with van der Waals surface area (Å²) in [6.45, 7) is 2.10. The highest BCUT2D eigenvalue weighted by Gasteiger charge is 1.88. The van der Waals surface area contributed by atoms with E-state index in [4.69, 9.17) is 0 Å². The Bertz CT molecular complexity index is 458. The molecule has 74 valence electrons. The zero-order valence-corrected chi connectivity index (χ0v) is 8.72. The maximum Gasteiger partial charge on any atom is 0.0340 e. The lowest BCUT2D eigenvalue weighted by molar-refractivity contribution is 1.32. The highest BCUT2D eigenvalue weighted by atomic mass is 14.6. The molecule has 0 aliphatic heterocycles. The second kappa shape index (κ2) is 4.56. The number of rotatable bonds is 2. The molecular formula is C14H13N. The van der Waals surface area contributed by atoms with Crippen LogP contribution >= 0.6 is 0 Å². The van der Waals surface area contributed by atoms with Gasteiger partial charge in [0.1, 0.15) is 0 Å². The predicted molar refractivity (Wildman–Crippen MR) is 64.3 cm³/mol. The average molecular weight is 195 g/mol. The maximum absolute atomic E-state index is 4.06. The van der Waals surface area contributed by atoms with Gasteiger partial charge in [0.15, 0.2) is 0 Å². The second-order valence-electron chi connectivity index (χ2n) is 3.53. The van der Waals surface area contributed by atoms with Crippen LogP contribution in [0.5, 0.6) is 0 Å². The Morgan fingerprint density at radius 1 is 1.00 bits per heavy atom. The largest absolute Gasteiger partial charge is 0.264 e. The molecule has 1 aromatic carbocycles. The van der Waals surface area contributed by atoms with Gasteiger partial charge in [-0.3, -0.25) is 4.98 Å². The van der Waals surface area contributed by atoms with E-state index in [1.54, 1.807) is 6.20 Å². The van der Waals surface area contributed by atoms with Crippen LogP contribution in [0.25, 0.3) is 12.2 Å². The normalized spacial score (nSPS) is 10.7. The van der Waals surface area contributed by atoms with Gasteiger partial charge < -0.3 is 0 Å². The van der Waals surface area contributed by atoms with Crippen molar-refractivity contribution < 1.29 is 0 Å². The van der Waals surface area contributed by atoms with Crippen molar-refractivity contribution in [3.63, 3.8) is 0 Å². The van der Waals surface area contributed by atoms with Crippen molar-refractivity contribution in [3.05, 3.63) is 65.5 Å². The zero-order valence-electron chi connectivity index (χ0n) is 8.72. The van der Waals surface area contributed by atoms with Crippen LogP contribution < -0.4 is 0 Å². The standard InChI is InChI=1S/C14H13N/c1-12-4-2-5-13(10-12)7-8-14-6-3-9-15-11-14/h2-11H,1H3/b8-7+. The first-order valence-electron chi connectivity index (χ1n) is 4.99. The molecule has 0 unspecified atom stereocenters. The summed E-state index contributed by atoms with van der Waals surface area (Å²) in [6, 6.07) is 12.4. The minimum absolute atomic E-state index is 1.12. The summed E-state index contributed by atoms with van der Waals surface area (Å²) in [5.41, 5.74) is 3.63. The van der Waals surface area contributed by atoms with Crippen molar-refractivity contribution in [2.45, 2.75) is 6.92 Å². The third-order valence-electron chi connectivity index (χ3n) is 2.19. The molecule has 0 atom stereocenters. The average Bonchev–Trinajstić information content (AvgIpc) is 2.28. The van der Waals surface area contributed by atoms with Crippen molar-refractivity contribution in [3.8, 4) is 0 Å². The van der Waals surface area contributed by atoms with E-state index in [2.05, 4.69) is 48.3 Å². The van der Waals surface area contributed by atoms with Gasteiger partial charge in [-0.05, 0) is 24.1 Å². The Kier molecular flexibility index (Phi) is 2.93. The predicted octanol–water partition coefficient (Wildman–Crippen LogP) is 3.56. The van der Waals surface area contributed by atoms with Crippen LogP contribution in [0.3, 0.4) is 0 Å². The molecule has 1 aromatic heterocycles. The molecule has 0 radical (unpaired) electrons. The van der Waals surface area contributed by atoms with Crippen LogP contribution in [0.4, 0.5) is 0 Å². The van der Waals surface area contributed by atoms with Crippen molar-refractivity contribution in [1.82, 2.24) is 4.98 Å². The molecule has 0 aliphatic rings. The zero-order chi connectivity index (χ0) is 10.5. The van der Waals surface area contributed by atoms with E-state index in [1.165, 1.54) is 11.1 Å². The number of aromatic nitrogens is 1. The smallest absolute Gasteiger partial charge is 0.0340 e. The summed E-state index contributed by atoms with van der Waals surface area (Å²) in [4.78, 5) is 4.06. The van der Waals surface area contributed by atoms with E-state index in [-0.39, 0.29) is 0 Å². The first kappa shape index (κ1) is 9.66. The number of hydrogen-bond donors (Lipinski definition) is 0. The molecule has 0 fully saturated rings. The minimum atomic E-state index is 1.12. The van der Waals surface area contributed by atoms with Crippen LogP contribution in [-0.4, -0.2) is 4.98 Å². The molecule has 0 amide bonds. The van der Waals surface area contributed by atoms with E-state index in [9.17, 15) is 0 Å². The topological polar surface area (TPSA) is 12.9 Å². The fraction of sp³-hybridized carbons (Fsp3) is 0.0714. The molecule has 2 aromatic rings. The van der Waals surface area contributed by atoms with Crippen molar-refractivity contribution in [2.75, 3.05) is 0 Å².